The molecule has 3 aliphatic rings. The molecule has 3 saturated heterocycles. The Morgan fingerprint density at radius 2 is 1.62 bits per heavy atom. The molecule has 2 N–H and O–H groups in total. The van der Waals surface area contributed by atoms with E-state index in [1.807, 2.05) is 6.07 Å². The molecule has 7 rings (SSSR count). The first-order valence-corrected chi connectivity index (χ1v) is 17.9. The molecular weight excluding hydrogens is 725 g/mol. The van der Waals surface area contributed by atoms with E-state index >= 15 is 0 Å². The van der Waals surface area contributed by atoms with Gasteiger partial charge in [-0.1, -0.05) is 65.7 Å². The Balaban J connectivity index is 1.31. The lowest BCUT2D eigenvalue weighted by Crippen LogP contribution is -2.52. The molecule has 0 aliphatic carbocycles. The lowest BCUT2D eigenvalue weighted by atomic mass is 9.86. The number of aromatic nitrogens is 1. The Hall–Kier alpha value is -5.04. The molecule has 53 heavy (non-hydrogen) atoms. The number of nitrogens with one attached hydrogen (secondary N) is 1. The predicted octanol–water partition coefficient (Wildman–Crippen LogP) is 6.20. The van der Waals surface area contributed by atoms with Crippen LogP contribution < -0.4 is 19.5 Å². The van der Waals surface area contributed by atoms with Crippen LogP contribution in [0.4, 0.5) is 5.69 Å². The molecule has 4 aromatic rings. The van der Waals surface area contributed by atoms with E-state index in [4.69, 9.17) is 42.1 Å². The summed E-state index contributed by atoms with van der Waals surface area (Å²) in [5.74, 6) is -1.47. The molecule has 3 aromatic carbocycles. The SMILES string of the molecule is COc1ccc(C(Cc2c(Cl)c[n+]([O-])cc2Cl)OC(=O)Cc2c(NC(C(=O)O[C@H]3CN4CCC3CC4)c3ccccc3)cccc2C(=O)O)cc1OC. The summed E-state index contributed by atoms with van der Waals surface area (Å²) in [6.07, 6.45) is 2.41. The molecule has 0 radical (unpaired) electrons. The zero-order valence-corrected chi connectivity index (χ0v) is 30.6. The summed E-state index contributed by atoms with van der Waals surface area (Å²) >= 11 is 12.8. The van der Waals surface area contributed by atoms with Crippen LogP contribution in [0.2, 0.25) is 10.0 Å². The van der Waals surface area contributed by atoms with Crippen molar-refractivity contribution in [2.75, 3.05) is 39.2 Å². The van der Waals surface area contributed by atoms with Crippen molar-refractivity contribution in [3.8, 4) is 11.5 Å². The van der Waals surface area contributed by atoms with Crippen molar-refractivity contribution in [1.82, 2.24) is 4.90 Å². The van der Waals surface area contributed by atoms with Crippen molar-refractivity contribution >= 4 is 46.8 Å². The van der Waals surface area contributed by atoms with Gasteiger partial charge in [0.15, 0.2) is 29.9 Å². The second-order valence-corrected chi connectivity index (χ2v) is 13.8. The summed E-state index contributed by atoms with van der Waals surface area (Å²) in [5, 5.41) is 25.5. The second kappa shape index (κ2) is 16.7. The molecule has 2 bridgehead atoms. The third-order valence-corrected chi connectivity index (χ3v) is 10.4. The van der Waals surface area contributed by atoms with Crippen LogP contribution in [0.1, 0.15) is 57.6 Å². The van der Waals surface area contributed by atoms with Crippen molar-refractivity contribution in [3.05, 3.63) is 122 Å². The Bertz CT molecular complexity index is 1950. The third-order valence-electron chi connectivity index (χ3n) is 9.76. The number of pyridine rings is 1. The average molecular weight is 765 g/mol. The van der Waals surface area contributed by atoms with Crippen molar-refractivity contribution in [2.24, 2.45) is 5.92 Å². The summed E-state index contributed by atoms with van der Waals surface area (Å²) in [5.41, 5.74) is 1.66. The van der Waals surface area contributed by atoms with Gasteiger partial charge >= 0.3 is 17.9 Å². The average Bonchev–Trinajstić information content (AvgIpc) is 3.15. The fraction of sp³-hybridized carbons (Fsp3) is 0.333. The molecule has 278 valence electrons. The number of esters is 2. The highest BCUT2D eigenvalue weighted by atomic mass is 35.5. The molecular formula is C39H39Cl2N3O9. The molecule has 3 aliphatic heterocycles. The first-order valence-electron chi connectivity index (χ1n) is 17.1. The number of piperidine rings is 3. The van der Waals surface area contributed by atoms with E-state index in [1.54, 1.807) is 48.5 Å². The zero-order chi connectivity index (χ0) is 37.6. The minimum atomic E-state index is -1.27. The highest BCUT2D eigenvalue weighted by Gasteiger charge is 2.38. The van der Waals surface area contributed by atoms with Crippen LogP contribution >= 0.6 is 23.2 Å². The second-order valence-electron chi connectivity index (χ2n) is 13.0. The van der Waals surface area contributed by atoms with Gasteiger partial charge in [-0.25, -0.2) is 9.59 Å². The highest BCUT2D eigenvalue weighted by Crippen LogP contribution is 2.36. The molecule has 3 atom stereocenters. The van der Waals surface area contributed by atoms with E-state index in [-0.39, 0.29) is 45.3 Å². The van der Waals surface area contributed by atoms with E-state index in [2.05, 4.69) is 10.2 Å². The minimum absolute atomic E-state index is 0.0348. The summed E-state index contributed by atoms with van der Waals surface area (Å²) in [7, 11) is 2.95. The van der Waals surface area contributed by atoms with E-state index in [0.717, 1.165) is 38.3 Å². The fourth-order valence-electron chi connectivity index (χ4n) is 6.99. The largest absolute Gasteiger partial charge is 0.619 e. The predicted molar refractivity (Wildman–Crippen MR) is 196 cm³/mol. The van der Waals surface area contributed by atoms with Crippen LogP contribution in [0.25, 0.3) is 0 Å². The normalized spacial score (nSPS) is 18.8. The number of fused-ring (bicyclic) bond motifs is 3. The van der Waals surface area contributed by atoms with Gasteiger partial charge in [-0.15, -0.1) is 0 Å². The Kier molecular flexibility index (Phi) is 11.9. The molecule has 3 fully saturated rings. The summed E-state index contributed by atoms with van der Waals surface area (Å²) in [4.78, 5) is 42.7. The number of carbonyl (C=O) groups is 3. The molecule has 4 heterocycles. The van der Waals surface area contributed by atoms with E-state index in [1.165, 1.54) is 26.4 Å². The molecule has 2 unspecified atom stereocenters. The Morgan fingerprint density at radius 1 is 0.925 bits per heavy atom. The van der Waals surface area contributed by atoms with Crippen LogP contribution in [0.5, 0.6) is 11.5 Å². The number of aromatic carboxylic acids is 1. The van der Waals surface area contributed by atoms with Gasteiger partial charge in [0.25, 0.3) is 0 Å². The number of nitrogens with zero attached hydrogens (tertiary/aromatic N) is 2. The molecule has 1 aromatic heterocycles. The number of carboxylic acid groups (broad SMARTS) is 1. The highest BCUT2D eigenvalue weighted by molar-refractivity contribution is 6.35. The van der Waals surface area contributed by atoms with Gasteiger partial charge in [0, 0.05) is 29.8 Å². The van der Waals surface area contributed by atoms with Crippen molar-refractivity contribution in [1.29, 1.82) is 0 Å². The molecule has 0 saturated carbocycles. The number of anilines is 1. The summed E-state index contributed by atoms with van der Waals surface area (Å²) in [6, 6.07) is 17.5. The van der Waals surface area contributed by atoms with Crippen molar-refractivity contribution < 1.29 is 43.2 Å². The maximum absolute atomic E-state index is 13.9. The van der Waals surface area contributed by atoms with E-state index in [0.29, 0.717) is 39.5 Å². The number of benzene rings is 3. The smallest absolute Gasteiger partial charge is 0.336 e. The Labute approximate surface area is 316 Å². The van der Waals surface area contributed by atoms with Gasteiger partial charge in [-0.05, 0) is 67.2 Å². The van der Waals surface area contributed by atoms with Crippen LogP contribution in [-0.4, -0.2) is 67.9 Å². The van der Waals surface area contributed by atoms with Crippen molar-refractivity contribution in [2.45, 2.75) is 43.9 Å². The van der Waals surface area contributed by atoms with Gasteiger partial charge in [0.1, 0.15) is 22.3 Å². The number of carboxylic acids is 1. The first kappa shape index (κ1) is 37.7. The number of methoxy groups -OCH3 is 2. The first-order chi connectivity index (χ1) is 25.5. The molecule has 0 amide bonds. The summed E-state index contributed by atoms with van der Waals surface area (Å²) < 4.78 is 23.5. The maximum Gasteiger partial charge on any atom is 0.336 e. The lowest BCUT2D eigenvalue weighted by Gasteiger charge is -2.44. The number of carbonyl (C=O) groups excluding carboxylic acids is 2. The van der Waals surface area contributed by atoms with Crippen molar-refractivity contribution in [3.63, 3.8) is 0 Å². The quantitative estimate of drug-likeness (QED) is 0.0858. The number of rotatable bonds is 14. The number of hydrogen-bond acceptors (Lipinski definition) is 10. The molecule has 12 nitrogen and oxygen atoms in total. The Morgan fingerprint density at radius 3 is 2.25 bits per heavy atom. The molecule has 0 spiro atoms. The molecule has 14 heteroatoms. The van der Waals surface area contributed by atoms with Crippen LogP contribution in [-0.2, 0) is 31.9 Å². The van der Waals surface area contributed by atoms with Gasteiger partial charge in [0.2, 0.25) is 0 Å². The van der Waals surface area contributed by atoms with Gasteiger partial charge in [0.05, 0.1) is 26.2 Å². The summed E-state index contributed by atoms with van der Waals surface area (Å²) in [6.45, 7) is 2.64. The standard InChI is InChI=1S/C39H39Cl2N3O9/c1-50-32-12-11-25(17-34(32)51-2)33(18-28-29(40)20-44(49)21-30(28)41)52-36(45)19-27-26(38(46)47)9-6-10-31(27)42-37(24-7-4-3-5-8-24)39(48)53-35-22-43-15-13-23(35)14-16-43/h3-12,17,20-21,23,33,35,37,42H,13-16,18-19,22H2,1-2H3,(H,46,47)/t33?,35-,37?/m0/s1. The zero-order valence-electron chi connectivity index (χ0n) is 29.1. The van der Waals surface area contributed by atoms with E-state index < -0.39 is 36.5 Å². The number of halogens is 2. The van der Waals surface area contributed by atoms with Crippen LogP contribution in [0.3, 0.4) is 0 Å². The topological polar surface area (TPSA) is 151 Å². The van der Waals surface area contributed by atoms with Crippen LogP contribution in [0, 0.1) is 11.1 Å². The van der Waals surface area contributed by atoms with Gasteiger partial charge in [-0.2, -0.15) is 4.73 Å². The fourth-order valence-corrected chi connectivity index (χ4v) is 7.59. The third kappa shape index (κ3) is 8.78. The minimum Gasteiger partial charge on any atom is -0.619 e. The maximum atomic E-state index is 13.9. The number of hydrogen-bond donors (Lipinski definition) is 2. The van der Waals surface area contributed by atoms with Gasteiger partial charge < -0.3 is 34.6 Å². The van der Waals surface area contributed by atoms with E-state index in [9.17, 15) is 24.7 Å². The van der Waals surface area contributed by atoms with Crippen LogP contribution in [0.15, 0.2) is 79.1 Å². The lowest BCUT2D eigenvalue weighted by molar-refractivity contribution is -0.605. The van der Waals surface area contributed by atoms with Gasteiger partial charge in [-0.3, -0.25) is 9.69 Å². The monoisotopic (exact) mass is 763 g/mol. The number of ether oxygens (including phenoxy) is 4.